The summed E-state index contributed by atoms with van der Waals surface area (Å²) in [5, 5.41) is 5.81. The largest absolute Gasteiger partial charge is 0.458 e. The predicted molar refractivity (Wildman–Crippen MR) is 94.9 cm³/mol. The molecule has 3 rings (SSSR count). The first-order chi connectivity index (χ1) is 10.6. The lowest BCUT2D eigenvalue weighted by Crippen LogP contribution is -2.22. The zero-order valence-electron chi connectivity index (χ0n) is 11.8. The van der Waals surface area contributed by atoms with Gasteiger partial charge in [-0.2, -0.15) is 0 Å². The molecule has 0 fully saturated rings. The molecule has 0 bridgehead atoms. The number of nitrogens with zero attached hydrogens (tertiary/aromatic N) is 1. The van der Waals surface area contributed by atoms with E-state index in [1.165, 1.54) is 0 Å². The number of thiazole rings is 1. The number of furan rings is 1. The minimum Gasteiger partial charge on any atom is -0.458 e. The number of hydrogen-bond acceptors (Lipinski definition) is 4. The van der Waals surface area contributed by atoms with E-state index >= 15 is 0 Å². The average Bonchev–Trinajstić information content (AvgIpc) is 3.14. The summed E-state index contributed by atoms with van der Waals surface area (Å²) in [5.74, 6) is 1.32. The number of rotatable bonds is 4. The molecule has 1 N–H and O–H groups in total. The average molecular weight is 424 g/mol. The molecule has 4 nitrogen and oxygen atoms in total. The molecule has 0 unspecified atom stereocenters. The standard InChI is InChI=1S/C16H13IN2O2S/c1-10-19-14(9-22-10)15-7-6-13(21-15)8-18-16(20)11-2-4-12(17)5-3-11/h2-7,9H,8H2,1H3,(H,18,20). The lowest BCUT2D eigenvalue weighted by atomic mass is 10.2. The van der Waals surface area contributed by atoms with Gasteiger partial charge in [-0.3, -0.25) is 4.79 Å². The van der Waals surface area contributed by atoms with Gasteiger partial charge in [-0.1, -0.05) is 0 Å². The highest BCUT2D eigenvalue weighted by atomic mass is 127. The molecule has 0 saturated carbocycles. The van der Waals surface area contributed by atoms with Crippen molar-refractivity contribution in [1.29, 1.82) is 0 Å². The Morgan fingerprint density at radius 2 is 2.05 bits per heavy atom. The summed E-state index contributed by atoms with van der Waals surface area (Å²) in [6, 6.07) is 11.2. The number of amides is 1. The Labute approximate surface area is 145 Å². The molecule has 0 saturated heterocycles. The third-order valence-electron chi connectivity index (χ3n) is 3.06. The van der Waals surface area contributed by atoms with Crippen LogP contribution in [-0.2, 0) is 6.54 Å². The fraction of sp³-hybridized carbons (Fsp3) is 0.125. The van der Waals surface area contributed by atoms with E-state index in [1.54, 1.807) is 11.3 Å². The predicted octanol–water partition coefficient (Wildman–Crippen LogP) is 4.25. The Balaban J connectivity index is 1.63. The van der Waals surface area contributed by atoms with Crippen molar-refractivity contribution >= 4 is 39.8 Å². The number of nitrogens with one attached hydrogen (secondary N) is 1. The van der Waals surface area contributed by atoms with Crippen molar-refractivity contribution < 1.29 is 9.21 Å². The molecule has 1 aromatic carbocycles. The van der Waals surface area contributed by atoms with Crippen molar-refractivity contribution in [3.8, 4) is 11.5 Å². The molecule has 6 heteroatoms. The molecule has 3 aromatic rings. The van der Waals surface area contributed by atoms with Crippen LogP contribution >= 0.6 is 33.9 Å². The van der Waals surface area contributed by atoms with Crippen LogP contribution in [0.15, 0.2) is 46.2 Å². The summed E-state index contributed by atoms with van der Waals surface area (Å²) in [5.41, 5.74) is 1.47. The van der Waals surface area contributed by atoms with E-state index in [0.717, 1.165) is 20.0 Å². The van der Waals surface area contributed by atoms with Gasteiger partial charge in [0.25, 0.3) is 5.91 Å². The van der Waals surface area contributed by atoms with E-state index in [-0.39, 0.29) is 5.91 Å². The van der Waals surface area contributed by atoms with Crippen molar-refractivity contribution in [3.63, 3.8) is 0 Å². The van der Waals surface area contributed by atoms with Gasteiger partial charge in [-0.15, -0.1) is 11.3 Å². The van der Waals surface area contributed by atoms with Crippen molar-refractivity contribution in [2.45, 2.75) is 13.5 Å². The van der Waals surface area contributed by atoms with Gasteiger partial charge < -0.3 is 9.73 Å². The molecule has 0 aliphatic heterocycles. The van der Waals surface area contributed by atoms with Crippen LogP contribution in [0.1, 0.15) is 21.1 Å². The minimum absolute atomic E-state index is 0.112. The second-order valence-electron chi connectivity index (χ2n) is 4.71. The van der Waals surface area contributed by atoms with Gasteiger partial charge in [0.2, 0.25) is 0 Å². The Morgan fingerprint density at radius 3 is 2.73 bits per heavy atom. The Morgan fingerprint density at radius 1 is 1.27 bits per heavy atom. The summed E-state index contributed by atoms with van der Waals surface area (Å²) in [7, 11) is 0. The molecular formula is C16H13IN2O2S. The summed E-state index contributed by atoms with van der Waals surface area (Å²) in [6.07, 6.45) is 0. The maximum atomic E-state index is 12.0. The Hall–Kier alpha value is -1.67. The fourth-order valence-corrected chi connectivity index (χ4v) is 2.92. The van der Waals surface area contributed by atoms with Crippen LogP contribution in [0.5, 0.6) is 0 Å². The fourth-order valence-electron chi connectivity index (χ4n) is 1.96. The highest BCUT2D eigenvalue weighted by molar-refractivity contribution is 14.1. The lowest BCUT2D eigenvalue weighted by molar-refractivity contribution is 0.0948. The highest BCUT2D eigenvalue weighted by Gasteiger charge is 2.10. The van der Waals surface area contributed by atoms with E-state index in [0.29, 0.717) is 17.9 Å². The van der Waals surface area contributed by atoms with Crippen LogP contribution in [0.3, 0.4) is 0 Å². The molecule has 0 aliphatic rings. The quantitative estimate of drug-likeness (QED) is 0.638. The number of halogens is 1. The first-order valence-corrected chi connectivity index (χ1v) is 8.62. The van der Waals surface area contributed by atoms with Crippen LogP contribution in [0, 0.1) is 10.5 Å². The molecule has 0 atom stereocenters. The summed E-state index contributed by atoms with van der Waals surface area (Å²) < 4.78 is 6.82. The maximum absolute atomic E-state index is 12.0. The second-order valence-corrected chi connectivity index (χ2v) is 7.02. The van der Waals surface area contributed by atoms with Gasteiger partial charge in [0.05, 0.1) is 11.6 Å². The number of aryl methyl sites for hydroxylation is 1. The number of carbonyl (C=O) groups is 1. The number of hydrogen-bond donors (Lipinski definition) is 1. The van der Waals surface area contributed by atoms with Crippen molar-refractivity contribution in [3.05, 3.63) is 61.7 Å². The molecule has 1 amide bonds. The smallest absolute Gasteiger partial charge is 0.251 e. The van der Waals surface area contributed by atoms with Gasteiger partial charge in [-0.05, 0) is 65.9 Å². The third-order valence-corrected chi connectivity index (χ3v) is 4.56. The van der Waals surface area contributed by atoms with Crippen LogP contribution in [0.2, 0.25) is 0 Å². The minimum atomic E-state index is -0.112. The number of aromatic nitrogens is 1. The van der Waals surface area contributed by atoms with E-state index in [1.807, 2.05) is 48.7 Å². The Bertz CT molecular complexity index is 793. The Kier molecular flexibility index (Phi) is 4.58. The maximum Gasteiger partial charge on any atom is 0.251 e. The van der Waals surface area contributed by atoms with Crippen LogP contribution in [-0.4, -0.2) is 10.9 Å². The van der Waals surface area contributed by atoms with E-state index in [4.69, 9.17) is 4.42 Å². The summed E-state index contributed by atoms with van der Waals surface area (Å²) in [4.78, 5) is 16.4. The molecule has 2 aromatic heterocycles. The molecule has 2 heterocycles. The first kappa shape index (κ1) is 15.2. The van der Waals surface area contributed by atoms with Gasteiger partial charge >= 0.3 is 0 Å². The van der Waals surface area contributed by atoms with Crippen molar-refractivity contribution in [2.24, 2.45) is 0 Å². The summed E-state index contributed by atoms with van der Waals surface area (Å²) in [6.45, 7) is 2.31. The second kappa shape index (κ2) is 6.62. The van der Waals surface area contributed by atoms with Crippen LogP contribution < -0.4 is 5.32 Å². The normalized spacial score (nSPS) is 10.6. The zero-order chi connectivity index (χ0) is 15.5. The lowest BCUT2D eigenvalue weighted by Gasteiger charge is -2.03. The van der Waals surface area contributed by atoms with E-state index in [2.05, 4.69) is 32.9 Å². The van der Waals surface area contributed by atoms with E-state index < -0.39 is 0 Å². The molecule has 22 heavy (non-hydrogen) atoms. The SMILES string of the molecule is Cc1nc(-c2ccc(CNC(=O)c3ccc(I)cc3)o2)cs1. The summed E-state index contributed by atoms with van der Waals surface area (Å²) >= 11 is 3.79. The van der Waals surface area contributed by atoms with E-state index in [9.17, 15) is 4.79 Å². The third kappa shape index (κ3) is 3.56. The van der Waals surface area contributed by atoms with Crippen LogP contribution in [0.25, 0.3) is 11.5 Å². The molecule has 0 spiro atoms. The molecule has 0 radical (unpaired) electrons. The highest BCUT2D eigenvalue weighted by Crippen LogP contribution is 2.23. The monoisotopic (exact) mass is 424 g/mol. The van der Waals surface area contributed by atoms with Gasteiger partial charge in [0, 0.05) is 14.5 Å². The van der Waals surface area contributed by atoms with Crippen LogP contribution in [0.4, 0.5) is 0 Å². The van der Waals surface area contributed by atoms with Crippen molar-refractivity contribution in [1.82, 2.24) is 10.3 Å². The van der Waals surface area contributed by atoms with Gasteiger partial charge in [-0.25, -0.2) is 4.98 Å². The van der Waals surface area contributed by atoms with Gasteiger partial charge in [0.1, 0.15) is 11.5 Å². The van der Waals surface area contributed by atoms with Crippen molar-refractivity contribution in [2.75, 3.05) is 0 Å². The molecule has 0 aliphatic carbocycles. The van der Waals surface area contributed by atoms with Gasteiger partial charge in [0.15, 0.2) is 5.76 Å². The molecule has 112 valence electrons. The topological polar surface area (TPSA) is 55.1 Å². The number of carbonyl (C=O) groups excluding carboxylic acids is 1. The number of benzene rings is 1. The first-order valence-electron chi connectivity index (χ1n) is 6.67. The zero-order valence-corrected chi connectivity index (χ0v) is 14.8. The molecular weight excluding hydrogens is 411 g/mol.